The Hall–Kier alpha value is -4.21. The van der Waals surface area contributed by atoms with E-state index in [1.165, 1.54) is 4.68 Å². The maximum absolute atomic E-state index is 12.6. The molecule has 0 saturated heterocycles. The number of carbonyl (C=O) groups is 3. The zero-order chi connectivity index (χ0) is 23.4. The summed E-state index contributed by atoms with van der Waals surface area (Å²) in [4.78, 5) is 49.1. The molecule has 1 saturated carbocycles. The monoisotopic (exact) mass is 449 g/mol. The number of anilines is 1. The number of hydrogen-bond acceptors (Lipinski definition) is 6. The molecular weight excluding hydrogens is 426 g/mol. The zero-order valence-corrected chi connectivity index (χ0v) is 18.0. The number of rotatable bonds is 7. The molecule has 10 nitrogen and oxygen atoms in total. The molecule has 0 atom stereocenters. The minimum absolute atomic E-state index is 0.0207. The summed E-state index contributed by atoms with van der Waals surface area (Å²) in [5.74, 6) is -0.807. The Morgan fingerprint density at radius 2 is 1.82 bits per heavy atom. The standard InChI is InChI=1S/C23H23N5O5/c1-2-28-23(32)18-9-4-3-8-17(18)20(27-28)22(31)26-25-19(29)13-33-16-7-5-6-15(12-16)24-21(30)14-10-11-14/h3-9,12,14H,2,10-11,13H2,1H3,(H,24,30)(H,25,29)(H,26,31). The molecule has 1 aliphatic carbocycles. The first-order chi connectivity index (χ1) is 16.0. The van der Waals surface area contributed by atoms with E-state index in [0.717, 1.165) is 12.8 Å². The predicted molar refractivity (Wildman–Crippen MR) is 121 cm³/mol. The van der Waals surface area contributed by atoms with Gasteiger partial charge in [-0.15, -0.1) is 0 Å². The van der Waals surface area contributed by atoms with Crippen LogP contribution in [0.4, 0.5) is 5.69 Å². The Morgan fingerprint density at radius 3 is 2.55 bits per heavy atom. The van der Waals surface area contributed by atoms with Gasteiger partial charge in [-0.2, -0.15) is 5.10 Å². The average Bonchev–Trinajstić information content (AvgIpc) is 3.68. The molecule has 10 heteroatoms. The number of aromatic nitrogens is 2. The molecule has 1 heterocycles. The van der Waals surface area contributed by atoms with E-state index >= 15 is 0 Å². The summed E-state index contributed by atoms with van der Waals surface area (Å²) in [7, 11) is 0. The first-order valence-corrected chi connectivity index (χ1v) is 10.6. The number of benzene rings is 2. The van der Waals surface area contributed by atoms with Crippen LogP contribution in [0, 0.1) is 5.92 Å². The summed E-state index contributed by atoms with van der Waals surface area (Å²) < 4.78 is 6.64. The maximum Gasteiger partial charge on any atom is 0.290 e. The molecule has 1 aromatic heterocycles. The number of nitrogens with zero attached hydrogens (tertiary/aromatic N) is 2. The van der Waals surface area contributed by atoms with Gasteiger partial charge in [0.1, 0.15) is 5.75 Å². The number of aryl methyl sites for hydroxylation is 1. The summed E-state index contributed by atoms with van der Waals surface area (Å²) in [6, 6.07) is 13.4. The molecule has 1 aliphatic rings. The van der Waals surface area contributed by atoms with Crippen LogP contribution in [-0.2, 0) is 16.1 Å². The smallest absolute Gasteiger partial charge is 0.290 e. The van der Waals surface area contributed by atoms with Gasteiger partial charge in [-0.1, -0.05) is 24.3 Å². The lowest BCUT2D eigenvalue weighted by atomic mass is 10.1. The van der Waals surface area contributed by atoms with E-state index in [4.69, 9.17) is 4.74 Å². The van der Waals surface area contributed by atoms with Crippen LogP contribution in [0.5, 0.6) is 5.75 Å². The Balaban J connectivity index is 1.35. The van der Waals surface area contributed by atoms with Crippen LogP contribution in [-0.4, -0.2) is 34.1 Å². The van der Waals surface area contributed by atoms with Crippen molar-refractivity contribution in [2.45, 2.75) is 26.3 Å². The van der Waals surface area contributed by atoms with E-state index in [-0.39, 0.29) is 29.7 Å². The molecule has 3 N–H and O–H groups in total. The van der Waals surface area contributed by atoms with Gasteiger partial charge in [0, 0.05) is 29.6 Å². The zero-order valence-electron chi connectivity index (χ0n) is 18.0. The van der Waals surface area contributed by atoms with Gasteiger partial charge in [0.15, 0.2) is 12.3 Å². The topological polar surface area (TPSA) is 131 Å². The van der Waals surface area contributed by atoms with Crippen LogP contribution in [0.2, 0.25) is 0 Å². The van der Waals surface area contributed by atoms with Crippen molar-refractivity contribution in [1.29, 1.82) is 0 Å². The van der Waals surface area contributed by atoms with Crippen molar-refractivity contribution in [3.8, 4) is 5.75 Å². The number of nitrogens with one attached hydrogen (secondary N) is 3. The average molecular weight is 449 g/mol. The van der Waals surface area contributed by atoms with Crippen molar-refractivity contribution in [3.63, 3.8) is 0 Å². The molecule has 4 rings (SSSR count). The van der Waals surface area contributed by atoms with Gasteiger partial charge in [0.05, 0.1) is 5.39 Å². The lowest BCUT2D eigenvalue weighted by Crippen LogP contribution is -2.44. The van der Waals surface area contributed by atoms with Gasteiger partial charge >= 0.3 is 0 Å². The third kappa shape index (κ3) is 5.17. The Kier molecular flexibility index (Phi) is 6.34. The lowest BCUT2D eigenvalue weighted by molar-refractivity contribution is -0.123. The molecule has 170 valence electrons. The van der Waals surface area contributed by atoms with Gasteiger partial charge in [0.2, 0.25) is 5.91 Å². The first kappa shape index (κ1) is 22.0. The molecule has 0 spiro atoms. The Labute approximate surface area is 188 Å². The minimum atomic E-state index is -0.661. The van der Waals surface area contributed by atoms with Crippen molar-refractivity contribution in [1.82, 2.24) is 20.6 Å². The summed E-state index contributed by atoms with van der Waals surface area (Å²) in [6.07, 6.45) is 1.80. The fourth-order valence-corrected chi connectivity index (χ4v) is 3.24. The fraction of sp³-hybridized carbons (Fsp3) is 0.261. The van der Waals surface area contributed by atoms with E-state index in [0.29, 0.717) is 28.8 Å². The molecule has 3 aromatic rings. The van der Waals surface area contributed by atoms with E-state index in [1.54, 1.807) is 55.5 Å². The molecule has 2 aromatic carbocycles. The second kappa shape index (κ2) is 9.51. The van der Waals surface area contributed by atoms with Crippen molar-refractivity contribution < 1.29 is 19.1 Å². The SMILES string of the molecule is CCn1nc(C(=O)NNC(=O)COc2cccc(NC(=O)C3CC3)c2)c2ccccc2c1=O. The second-order valence-corrected chi connectivity index (χ2v) is 7.60. The quantitative estimate of drug-likeness (QED) is 0.470. The molecular formula is C23H23N5O5. The third-order valence-electron chi connectivity index (χ3n) is 5.12. The van der Waals surface area contributed by atoms with Gasteiger partial charge in [-0.05, 0) is 38.0 Å². The Morgan fingerprint density at radius 1 is 1.06 bits per heavy atom. The largest absolute Gasteiger partial charge is 0.484 e. The summed E-state index contributed by atoms with van der Waals surface area (Å²) >= 11 is 0. The second-order valence-electron chi connectivity index (χ2n) is 7.60. The van der Waals surface area contributed by atoms with E-state index in [2.05, 4.69) is 21.3 Å². The van der Waals surface area contributed by atoms with Crippen LogP contribution >= 0.6 is 0 Å². The molecule has 0 radical (unpaired) electrons. The highest BCUT2D eigenvalue weighted by atomic mass is 16.5. The number of carbonyl (C=O) groups excluding carboxylic acids is 3. The van der Waals surface area contributed by atoms with Crippen LogP contribution in [0.3, 0.4) is 0 Å². The van der Waals surface area contributed by atoms with Gasteiger partial charge in [0.25, 0.3) is 17.4 Å². The molecule has 1 fully saturated rings. The van der Waals surface area contributed by atoms with Crippen molar-refractivity contribution in [3.05, 3.63) is 64.6 Å². The number of hydrazine groups is 1. The fourth-order valence-electron chi connectivity index (χ4n) is 3.24. The number of amides is 3. The lowest BCUT2D eigenvalue weighted by Gasteiger charge is -2.12. The van der Waals surface area contributed by atoms with E-state index < -0.39 is 11.8 Å². The molecule has 0 bridgehead atoms. The molecule has 0 aliphatic heterocycles. The molecule has 33 heavy (non-hydrogen) atoms. The highest BCUT2D eigenvalue weighted by Gasteiger charge is 2.29. The van der Waals surface area contributed by atoms with Gasteiger partial charge in [-0.25, -0.2) is 4.68 Å². The Bertz CT molecular complexity index is 1280. The van der Waals surface area contributed by atoms with Gasteiger partial charge in [-0.3, -0.25) is 30.0 Å². The number of ether oxygens (including phenoxy) is 1. The van der Waals surface area contributed by atoms with E-state index in [9.17, 15) is 19.2 Å². The normalized spacial score (nSPS) is 12.8. The van der Waals surface area contributed by atoms with Crippen molar-refractivity contribution in [2.75, 3.05) is 11.9 Å². The highest BCUT2D eigenvalue weighted by molar-refractivity contribution is 6.05. The number of hydrogen-bond donors (Lipinski definition) is 3. The highest BCUT2D eigenvalue weighted by Crippen LogP contribution is 2.30. The third-order valence-corrected chi connectivity index (χ3v) is 5.12. The predicted octanol–water partition coefficient (Wildman–Crippen LogP) is 1.60. The van der Waals surface area contributed by atoms with Crippen LogP contribution in [0.1, 0.15) is 30.3 Å². The van der Waals surface area contributed by atoms with Crippen LogP contribution in [0.15, 0.2) is 53.3 Å². The number of fused-ring (bicyclic) bond motifs is 1. The molecule has 0 unspecified atom stereocenters. The van der Waals surface area contributed by atoms with Gasteiger partial charge < -0.3 is 10.1 Å². The van der Waals surface area contributed by atoms with Crippen molar-refractivity contribution in [2.24, 2.45) is 5.92 Å². The van der Waals surface area contributed by atoms with Crippen LogP contribution in [0.25, 0.3) is 10.8 Å². The minimum Gasteiger partial charge on any atom is -0.484 e. The van der Waals surface area contributed by atoms with Crippen molar-refractivity contribution >= 4 is 34.2 Å². The van der Waals surface area contributed by atoms with E-state index in [1.807, 2.05) is 0 Å². The molecule has 3 amide bonds. The summed E-state index contributed by atoms with van der Waals surface area (Å²) in [5, 5.41) is 7.68. The maximum atomic E-state index is 12.6. The summed E-state index contributed by atoms with van der Waals surface area (Å²) in [5.41, 5.74) is 4.89. The first-order valence-electron chi connectivity index (χ1n) is 10.6. The summed E-state index contributed by atoms with van der Waals surface area (Å²) in [6.45, 7) is 1.68. The van der Waals surface area contributed by atoms with Crippen LogP contribution < -0.4 is 26.5 Å².